The van der Waals surface area contributed by atoms with Gasteiger partial charge in [0.05, 0.1) is 11.0 Å². The van der Waals surface area contributed by atoms with Crippen LogP contribution in [0.3, 0.4) is 0 Å². The minimum absolute atomic E-state index is 0.257. The van der Waals surface area contributed by atoms with Crippen LogP contribution in [0.5, 0.6) is 0 Å². The molecule has 0 bridgehead atoms. The van der Waals surface area contributed by atoms with E-state index < -0.39 is 5.91 Å². The quantitative estimate of drug-likeness (QED) is 0.547. The maximum atomic E-state index is 13.3. The minimum Gasteiger partial charge on any atom is -0.366 e. The standard InChI is InChI=1S/C23H20FN2O/c1-14(2)16-8-11-18-21(12-16)26(13-15-6-9-17(24)10-7-15)20-5-3-4-19(22(18)20)23(25)27/h3-10,12,14H,13H2,1-2H3,(H2,25,27). The fraction of sp³-hybridized carbons (Fsp3) is 0.174. The Hall–Kier alpha value is -3.14. The summed E-state index contributed by atoms with van der Waals surface area (Å²) < 4.78 is 15.4. The van der Waals surface area contributed by atoms with Gasteiger partial charge in [-0.3, -0.25) is 4.79 Å². The Bertz CT molecular complexity index is 1160. The lowest BCUT2D eigenvalue weighted by Gasteiger charge is -2.10. The van der Waals surface area contributed by atoms with E-state index in [1.54, 1.807) is 18.2 Å². The molecule has 1 heterocycles. The number of carbonyl (C=O) groups is 1. The highest BCUT2D eigenvalue weighted by atomic mass is 19.1. The molecule has 0 aliphatic carbocycles. The number of primary amides is 1. The average Bonchev–Trinajstić information content (AvgIpc) is 2.96. The first-order chi connectivity index (χ1) is 13.0. The SMILES string of the molecule is CC(C)c1c[c]c2c3c(C(N)=O)cccc3n(Cc3ccc(F)cc3)c2c1. The number of hydrogen-bond acceptors (Lipinski definition) is 1. The van der Waals surface area contributed by atoms with Gasteiger partial charge in [-0.15, -0.1) is 0 Å². The van der Waals surface area contributed by atoms with E-state index in [0.29, 0.717) is 18.0 Å². The second-order valence-corrected chi connectivity index (χ2v) is 7.12. The summed E-state index contributed by atoms with van der Waals surface area (Å²) >= 11 is 0. The zero-order valence-electron chi connectivity index (χ0n) is 15.3. The number of halogens is 1. The summed E-state index contributed by atoms with van der Waals surface area (Å²) in [5.74, 6) is -0.353. The lowest BCUT2D eigenvalue weighted by Crippen LogP contribution is -2.11. The molecule has 27 heavy (non-hydrogen) atoms. The number of nitrogens with two attached hydrogens (primary N) is 1. The monoisotopic (exact) mass is 359 g/mol. The van der Waals surface area contributed by atoms with Gasteiger partial charge in [0.2, 0.25) is 5.91 Å². The normalized spacial score (nSPS) is 11.6. The van der Waals surface area contributed by atoms with Gasteiger partial charge in [0.15, 0.2) is 0 Å². The molecule has 0 saturated carbocycles. The van der Waals surface area contributed by atoms with Crippen molar-refractivity contribution in [2.75, 3.05) is 0 Å². The van der Waals surface area contributed by atoms with Gasteiger partial charge in [0, 0.05) is 22.9 Å². The largest absolute Gasteiger partial charge is 0.366 e. The predicted molar refractivity (Wildman–Crippen MR) is 106 cm³/mol. The van der Waals surface area contributed by atoms with Gasteiger partial charge >= 0.3 is 0 Å². The summed E-state index contributed by atoms with van der Waals surface area (Å²) in [4.78, 5) is 12.0. The van der Waals surface area contributed by atoms with Crippen molar-refractivity contribution in [2.45, 2.75) is 26.3 Å². The maximum Gasteiger partial charge on any atom is 0.249 e. The molecule has 0 aliphatic heterocycles. The average molecular weight is 359 g/mol. The van der Waals surface area contributed by atoms with Crippen LogP contribution in [0.2, 0.25) is 0 Å². The Labute approximate surface area is 157 Å². The first-order valence-corrected chi connectivity index (χ1v) is 8.96. The van der Waals surface area contributed by atoms with Crippen LogP contribution < -0.4 is 5.73 Å². The molecule has 4 rings (SSSR count). The van der Waals surface area contributed by atoms with Gasteiger partial charge < -0.3 is 10.3 Å². The molecule has 135 valence electrons. The van der Waals surface area contributed by atoms with Crippen LogP contribution >= 0.6 is 0 Å². The van der Waals surface area contributed by atoms with Crippen LogP contribution in [0, 0.1) is 11.9 Å². The zero-order valence-corrected chi connectivity index (χ0v) is 15.3. The molecule has 0 fully saturated rings. The van der Waals surface area contributed by atoms with Crippen molar-refractivity contribution in [3.05, 3.63) is 83.2 Å². The number of nitrogens with zero attached hydrogens (tertiary/aromatic N) is 1. The molecule has 1 aromatic heterocycles. The van der Waals surface area contributed by atoms with Crippen molar-refractivity contribution in [1.29, 1.82) is 0 Å². The number of aromatic nitrogens is 1. The topological polar surface area (TPSA) is 48.0 Å². The van der Waals surface area contributed by atoms with Crippen molar-refractivity contribution >= 4 is 27.7 Å². The molecule has 0 atom stereocenters. The van der Waals surface area contributed by atoms with Gasteiger partial charge in [-0.05, 0) is 53.4 Å². The fourth-order valence-corrected chi connectivity index (χ4v) is 3.55. The van der Waals surface area contributed by atoms with Crippen LogP contribution in [0.25, 0.3) is 21.8 Å². The summed E-state index contributed by atoms with van der Waals surface area (Å²) in [7, 11) is 0. The Balaban J connectivity index is 2.03. The lowest BCUT2D eigenvalue weighted by molar-refractivity contribution is 0.100. The third-order valence-electron chi connectivity index (χ3n) is 5.00. The molecule has 3 aromatic carbocycles. The summed E-state index contributed by atoms with van der Waals surface area (Å²) in [6.45, 7) is 4.84. The molecule has 0 saturated heterocycles. The molecular weight excluding hydrogens is 339 g/mol. The number of hydrogen-bond donors (Lipinski definition) is 1. The highest BCUT2D eigenvalue weighted by molar-refractivity contribution is 6.17. The fourth-order valence-electron chi connectivity index (χ4n) is 3.55. The van der Waals surface area contributed by atoms with Crippen molar-refractivity contribution in [1.82, 2.24) is 4.57 Å². The maximum absolute atomic E-state index is 13.3. The third-order valence-corrected chi connectivity index (χ3v) is 5.00. The zero-order chi connectivity index (χ0) is 19.1. The van der Waals surface area contributed by atoms with Crippen LogP contribution in [0.1, 0.15) is 41.3 Å². The Morgan fingerprint density at radius 3 is 2.56 bits per heavy atom. The highest BCUT2D eigenvalue weighted by Crippen LogP contribution is 2.33. The van der Waals surface area contributed by atoms with Gasteiger partial charge in [-0.1, -0.05) is 38.1 Å². The number of fused-ring (bicyclic) bond motifs is 3. The highest BCUT2D eigenvalue weighted by Gasteiger charge is 2.17. The molecule has 0 unspecified atom stereocenters. The van der Waals surface area contributed by atoms with Crippen LogP contribution in [-0.2, 0) is 6.54 Å². The first-order valence-electron chi connectivity index (χ1n) is 8.96. The van der Waals surface area contributed by atoms with E-state index in [9.17, 15) is 9.18 Å². The molecule has 2 N–H and O–H groups in total. The Kier molecular flexibility index (Phi) is 4.19. The van der Waals surface area contributed by atoms with E-state index >= 15 is 0 Å². The number of benzene rings is 3. The van der Waals surface area contributed by atoms with Gasteiger partial charge in [0.25, 0.3) is 0 Å². The third kappa shape index (κ3) is 2.97. The smallest absolute Gasteiger partial charge is 0.249 e. The van der Waals surface area contributed by atoms with Crippen LogP contribution in [0.15, 0.2) is 54.6 Å². The van der Waals surface area contributed by atoms with Gasteiger partial charge in [0.1, 0.15) is 5.82 Å². The number of amides is 1. The molecule has 1 amide bonds. The molecular formula is C23H20FN2O. The number of carbonyl (C=O) groups excluding carboxylic acids is 1. The summed E-state index contributed by atoms with van der Waals surface area (Å²) in [5, 5.41) is 1.70. The summed E-state index contributed by atoms with van der Waals surface area (Å²) in [6, 6.07) is 19.5. The van der Waals surface area contributed by atoms with Crippen LogP contribution in [-0.4, -0.2) is 10.5 Å². The van der Waals surface area contributed by atoms with Crippen molar-refractivity contribution in [3.8, 4) is 0 Å². The second-order valence-electron chi connectivity index (χ2n) is 7.12. The predicted octanol–water partition coefficient (Wildman–Crippen LogP) is 5.00. The molecule has 0 spiro atoms. The van der Waals surface area contributed by atoms with Gasteiger partial charge in [-0.2, -0.15) is 0 Å². The van der Waals surface area contributed by atoms with Crippen LogP contribution in [0.4, 0.5) is 4.39 Å². The molecule has 3 nitrogen and oxygen atoms in total. The number of rotatable bonds is 4. The summed E-state index contributed by atoms with van der Waals surface area (Å²) in [5.41, 5.74) is 10.2. The van der Waals surface area contributed by atoms with Crippen molar-refractivity contribution in [2.24, 2.45) is 5.73 Å². The van der Waals surface area contributed by atoms with E-state index in [1.807, 2.05) is 18.2 Å². The summed E-state index contributed by atoms with van der Waals surface area (Å²) in [6.07, 6.45) is 0. The molecule has 0 aliphatic rings. The Morgan fingerprint density at radius 1 is 1.15 bits per heavy atom. The molecule has 1 radical (unpaired) electrons. The minimum atomic E-state index is -0.456. The van der Waals surface area contributed by atoms with Gasteiger partial charge in [-0.25, -0.2) is 4.39 Å². The van der Waals surface area contributed by atoms with E-state index in [-0.39, 0.29) is 5.82 Å². The lowest BCUT2D eigenvalue weighted by atomic mass is 10.00. The van der Waals surface area contributed by atoms with E-state index in [1.165, 1.54) is 17.7 Å². The molecule has 4 aromatic rings. The van der Waals surface area contributed by atoms with E-state index in [0.717, 1.165) is 27.4 Å². The van der Waals surface area contributed by atoms with Crippen molar-refractivity contribution < 1.29 is 9.18 Å². The van der Waals surface area contributed by atoms with E-state index in [4.69, 9.17) is 5.73 Å². The Morgan fingerprint density at radius 2 is 1.89 bits per heavy atom. The van der Waals surface area contributed by atoms with E-state index in [2.05, 4.69) is 30.5 Å². The second kappa shape index (κ2) is 6.54. The first kappa shape index (κ1) is 17.3. The molecule has 4 heteroatoms. The van der Waals surface area contributed by atoms with Crippen molar-refractivity contribution in [3.63, 3.8) is 0 Å².